The lowest BCUT2D eigenvalue weighted by atomic mass is 10.3. The van der Waals surface area contributed by atoms with Crippen molar-refractivity contribution < 1.29 is 4.74 Å². The molecule has 0 saturated heterocycles. The van der Waals surface area contributed by atoms with E-state index >= 15 is 0 Å². The summed E-state index contributed by atoms with van der Waals surface area (Å²) in [5.74, 6) is 1.26. The van der Waals surface area contributed by atoms with Crippen LogP contribution in [-0.4, -0.2) is 29.7 Å². The summed E-state index contributed by atoms with van der Waals surface area (Å²) in [6, 6.07) is 1.42. The lowest BCUT2D eigenvalue weighted by Gasteiger charge is -2.19. The number of nitrogens with zero attached hydrogens (tertiary/aromatic N) is 2. The van der Waals surface area contributed by atoms with Gasteiger partial charge in [0.1, 0.15) is 11.6 Å². The summed E-state index contributed by atoms with van der Waals surface area (Å²) in [6.07, 6.45) is 1.56. The largest absolute Gasteiger partial charge is 0.488 e. The Morgan fingerprint density at radius 3 is 3.20 bits per heavy atom. The molecule has 80 valence electrons. The Kier molecular flexibility index (Phi) is 2.77. The van der Waals surface area contributed by atoms with Gasteiger partial charge in [-0.25, -0.2) is 4.98 Å². The molecule has 6 heteroatoms. The molecule has 1 aliphatic rings. The standard InChI is InChI=1S/C9H10ClN3OS/c1-13-8-7(2-5(10)3-12-8)14-4-6(11)9(13)15/h2-3,6H,4,11H2,1H3/t6-/m0/s1. The topological polar surface area (TPSA) is 51.4 Å². The summed E-state index contributed by atoms with van der Waals surface area (Å²) < 4.78 is 5.48. The predicted molar refractivity (Wildman–Crippen MR) is 63.7 cm³/mol. The van der Waals surface area contributed by atoms with Gasteiger partial charge in [0.05, 0.1) is 11.1 Å². The minimum absolute atomic E-state index is 0.294. The van der Waals surface area contributed by atoms with Gasteiger partial charge in [-0.1, -0.05) is 23.8 Å². The third-order valence-electron chi connectivity index (χ3n) is 2.18. The van der Waals surface area contributed by atoms with Crippen LogP contribution in [-0.2, 0) is 0 Å². The van der Waals surface area contributed by atoms with Crippen LogP contribution in [0.4, 0.5) is 5.82 Å². The highest BCUT2D eigenvalue weighted by atomic mass is 35.5. The van der Waals surface area contributed by atoms with Crippen molar-refractivity contribution in [2.24, 2.45) is 5.73 Å². The highest BCUT2D eigenvalue weighted by molar-refractivity contribution is 7.80. The highest BCUT2D eigenvalue weighted by Gasteiger charge is 2.24. The molecule has 1 atom stereocenters. The average molecular weight is 244 g/mol. The number of rotatable bonds is 0. The molecule has 0 unspecified atom stereocenters. The van der Waals surface area contributed by atoms with Crippen molar-refractivity contribution in [3.8, 4) is 5.75 Å². The molecule has 0 bridgehead atoms. The van der Waals surface area contributed by atoms with E-state index in [0.717, 1.165) is 0 Å². The first-order valence-electron chi connectivity index (χ1n) is 4.41. The van der Waals surface area contributed by atoms with Crippen molar-refractivity contribution in [3.63, 3.8) is 0 Å². The fourth-order valence-corrected chi connectivity index (χ4v) is 1.68. The Labute approximate surface area is 98.0 Å². The van der Waals surface area contributed by atoms with Crippen molar-refractivity contribution >= 4 is 34.6 Å². The molecular weight excluding hydrogens is 234 g/mol. The number of fused-ring (bicyclic) bond motifs is 1. The molecule has 0 radical (unpaired) electrons. The van der Waals surface area contributed by atoms with E-state index in [2.05, 4.69) is 4.98 Å². The first-order chi connectivity index (χ1) is 7.09. The number of hydrogen-bond donors (Lipinski definition) is 1. The van der Waals surface area contributed by atoms with Gasteiger partial charge in [-0.05, 0) is 0 Å². The number of pyridine rings is 1. The molecule has 1 aromatic heterocycles. The Morgan fingerprint density at radius 2 is 2.47 bits per heavy atom. The fourth-order valence-electron chi connectivity index (χ4n) is 1.38. The second kappa shape index (κ2) is 3.92. The van der Waals surface area contributed by atoms with Crippen molar-refractivity contribution in [3.05, 3.63) is 17.3 Å². The SMILES string of the molecule is CN1C(=S)[C@@H](N)COc2cc(Cl)cnc21. The number of halogens is 1. The van der Waals surface area contributed by atoms with E-state index in [9.17, 15) is 0 Å². The molecule has 15 heavy (non-hydrogen) atoms. The minimum atomic E-state index is -0.294. The van der Waals surface area contributed by atoms with Gasteiger partial charge in [0.15, 0.2) is 11.6 Å². The molecule has 2 N–H and O–H groups in total. The molecule has 0 amide bonds. The highest BCUT2D eigenvalue weighted by Crippen LogP contribution is 2.30. The molecule has 0 saturated carbocycles. The maximum atomic E-state index is 5.83. The number of anilines is 1. The number of thiocarbonyl (C=S) groups is 1. The summed E-state index contributed by atoms with van der Waals surface area (Å²) in [6.45, 7) is 0.345. The Bertz CT molecular complexity index is 412. The molecule has 2 rings (SSSR count). The molecular formula is C9H10ClN3OS. The van der Waals surface area contributed by atoms with E-state index < -0.39 is 0 Å². The third kappa shape index (κ3) is 1.90. The van der Waals surface area contributed by atoms with Gasteiger partial charge in [-0.3, -0.25) is 0 Å². The molecule has 4 nitrogen and oxygen atoms in total. The van der Waals surface area contributed by atoms with Crippen LogP contribution in [0.3, 0.4) is 0 Å². The monoisotopic (exact) mass is 243 g/mol. The van der Waals surface area contributed by atoms with E-state index in [1.165, 1.54) is 0 Å². The van der Waals surface area contributed by atoms with E-state index in [1.54, 1.807) is 17.2 Å². The number of aromatic nitrogens is 1. The predicted octanol–water partition coefficient (Wildman–Crippen LogP) is 1.22. The van der Waals surface area contributed by atoms with Gasteiger partial charge in [0.2, 0.25) is 0 Å². The Morgan fingerprint density at radius 1 is 1.73 bits per heavy atom. The zero-order valence-electron chi connectivity index (χ0n) is 8.11. The number of ether oxygens (including phenoxy) is 1. The van der Waals surface area contributed by atoms with Gasteiger partial charge in [-0.15, -0.1) is 0 Å². The summed E-state index contributed by atoms with van der Waals surface area (Å²) >= 11 is 11.0. The van der Waals surface area contributed by atoms with Crippen molar-refractivity contribution in [1.29, 1.82) is 0 Å². The normalized spacial score (nSPS) is 20.6. The number of nitrogens with two attached hydrogens (primary N) is 1. The van der Waals surface area contributed by atoms with Crippen molar-refractivity contribution in [2.45, 2.75) is 6.04 Å². The van der Waals surface area contributed by atoms with Crippen molar-refractivity contribution in [2.75, 3.05) is 18.6 Å². The smallest absolute Gasteiger partial charge is 0.176 e. The molecule has 2 heterocycles. The van der Waals surface area contributed by atoms with E-state index in [1.807, 2.05) is 7.05 Å². The summed E-state index contributed by atoms with van der Waals surface area (Å²) in [5, 5.41) is 0.531. The summed E-state index contributed by atoms with van der Waals surface area (Å²) in [5.41, 5.74) is 5.82. The van der Waals surface area contributed by atoms with Crippen LogP contribution in [0.5, 0.6) is 5.75 Å². The van der Waals surface area contributed by atoms with Gasteiger partial charge in [-0.2, -0.15) is 0 Å². The first kappa shape index (κ1) is 10.6. The van der Waals surface area contributed by atoms with Gasteiger partial charge in [0.25, 0.3) is 0 Å². The van der Waals surface area contributed by atoms with Crippen molar-refractivity contribution in [1.82, 2.24) is 4.98 Å². The third-order valence-corrected chi connectivity index (χ3v) is 2.97. The lowest BCUT2D eigenvalue weighted by Crippen LogP contribution is -2.42. The Hall–Kier alpha value is -0.910. The van der Waals surface area contributed by atoms with E-state index in [-0.39, 0.29) is 6.04 Å². The van der Waals surface area contributed by atoms with Crippen LogP contribution < -0.4 is 15.4 Å². The second-order valence-corrected chi connectivity index (χ2v) is 4.14. The summed E-state index contributed by atoms with van der Waals surface area (Å²) in [7, 11) is 1.82. The van der Waals surface area contributed by atoms with Gasteiger partial charge >= 0.3 is 0 Å². The molecule has 0 aliphatic carbocycles. The average Bonchev–Trinajstić information content (AvgIpc) is 2.32. The maximum Gasteiger partial charge on any atom is 0.176 e. The van der Waals surface area contributed by atoms with E-state index in [0.29, 0.717) is 28.2 Å². The zero-order valence-corrected chi connectivity index (χ0v) is 9.68. The molecule has 1 aromatic rings. The van der Waals surface area contributed by atoms with Crippen LogP contribution in [0.25, 0.3) is 0 Å². The molecule has 1 aliphatic heterocycles. The van der Waals surface area contributed by atoms with Crippen LogP contribution >= 0.6 is 23.8 Å². The fraction of sp³-hybridized carbons (Fsp3) is 0.333. The van der Waals surface area contributed by atoms with E-state index in [4.69, 9.17) is 34.3 Å². The van der Waals surface area contributed by atoms with Crippen LogP contribution in [0, 0.1) is 0 Å². The number of hydrogen-bond acceptors (Lipinski definition) is 4. The Balaban J connectivity index is 2.47. The minimum Gasteiger partial charge on any atom is -0.488 e. The zero-order chi connectivity index (χ0) is 11.0. The van der Waals surface area contributed by atoms with Gasteiger partial charge in [0, 0.05) is 19.3 Å². The van der Waals surface area contributed by atoms with Gasteiger partial charge < -0.3 is 15.4 Å². The second-order valence-electron chi connectivity index (χ2n) is 3.29. The summed E-state index contributed by atoms with van der Waals surface area (Å²) in [4.78, 5) is 6.53. The maximum absolute atomic E-state index is 5.83. The molecule has 0 aromatic carbocycles. The van der Waals surface area contributed by atoms with Crippen LogP contribution in [0.2, 0.25) is 5.02 Å². The molecule has 0 fully saturated rings. The van der Waals surface area contributed by atoms with Crippen LogP contribution in [0.1, 0.15) is 0 Å². The van der Waals surface area contributed by atoms with Crippen LogP contribution in [0.15, 0.2) is 12.3 Å². The number of likely N-dealkylation sites (N-methyl/N-ethyl adjacent to an activating group) is 1. The lowest BCUT2D eigenvalue weighted by molar-refractivity contribution is 0.317. The quantitative estimate of drug-likeness (QED) is 0.695. The molecule has 0 spiro atoms. The first-order valence-corrected chi connectivity index (χ1v) is 5.19.